The number of carbonyl (C=O) groups is 1. The first kappa shape index (κ1) is 15.8. The van der Waals surface area contributed by atoms with Crippen LogP contribution in [0.5, 0.6) is 0 Å². The summed E-state index contributed by atoms with van der Waals surface area (Å²) in [6.45, 7) is 15.3. The molecule has 1 atom stereocenters. The van der Waals surface area contributed by atoms with Crippen LogP contribution in [0.15, 0.2) is 0 Å². The molecule has 2 aliphatic rings. The van der Waals surface area contributed by atoms with Crippen LogP contribution < -0.4 is 0 Å². The van der Waals surface area contributed by atoms with Crippen molar-refractivity contribution in [2.75, 3.05) is 26.2 Å². The summed E-state index contributed by atoms with van der Waals surface area (Å²) in [6, 6.07) is 0. The smallest absolute Gasteiger partial charge is 0.227 e. The third kappa shape index (κ3) is 3.55. The molecule has 0 N–H and O–H groups in total. The van der Waals surface area contributed by atoms with Crippen molar-refractivity contribution in [2.24, 2.45) is 17.8 Å². The topological polar surface area (TPSA) is 23.6 Å². The van der Waals surface area contributed by atoms with Gasteiger partial charge < -0.3 is 4.90 Å². The van der Waals surface area contributed by atoms with E-state index in [-0.39, 0.29) is 11.5 Å². The second kappa shape index (κ2) is 6.05. The number of hydrogen-bond donors (Lipinski definition) is 0. The van der Waals surface area contributed by atoms with Crippen LogP contribution >= 0.6 is 0 Å². The number of nitrogens with zero attached hydrogens (tertiary/aromatic N) is 2. The minimum absolute atomic E-state index is 0.194. The molecule has 0 saturated carbocycles. The molecular weight excluding hydrogens is 248 g/mol. The Labute approximate surface area is 124 Å². The van der Waals surface area contributed by atoms with Gasteiger partial charge in [-0.05, 0) is 58.4 Å². The van der Waals surface area contributed by atoms with Gasteiger partial charge in [0.05, 0.1) is 5.92 Å². The zero-order valence-corrected chi connectivity index (χ0v) is 14.0. The van der Waals surface area contributed by atoms with E-state index in [0.29, 0.717) is 5.91 Å². The molecule has 0 radical (unpaired) electrons. The normalized spacial score (nSPS) is 26.5. The Morgan fingerprint density at radius 1 is 1.05 bits per heavy atom. The molecule has 0 aromatic rings. The van der Waals surface area contributed by atoms with E-state index >= 15 is 0 Å². The third-order valence-corrected chi connectivity index (χ3v) is 5.28. The van der Waals surface area contributed by atoms with Crippen LogP contribution in [-0.4, -0.2) is 47.4 Å². The van der Waals surface area contributed by atoms with Crippen molar-refractivity contribution in [3.8, 4) is 0 Å². The van der Waals surface area contributed by atoms with Crippen molar-refractivity contribution in [1.29, 1.82) is 0 Å². The summed E-state index contributed by atoms with van der Waals surface area (Å²) in [5.41, 5.74) is 0.194. The van der Waals surface area contributed by atoms with Crippen LogP contribution in [0.4, 0.5) is 0 Å². The predicted octanol–water partition coefficient (Wildman–Crippen LogP) is 3.00. The van der Waals surface area contributed by atoms with Gasteiger partial charge in [-0.25, -0.2) is 0 Å². The van der Waals surface area contributed by atoms with Crippen LogP contribution in [-0.2, 0) is 4.79 Å². The van der Waals surface area contributed by atoms with Gasteiger partial charge in [-0.15, -0.1) is 0 Å². The molecule has 0 spiro atoms. The first-order valence-corrected chi connectivity index (χ1v) is 8.33. The van der Waals surface area contributed by atoms with Gasteiger partial charge in [-0.2, -0.15) is 0 Å². The van der Waals surface area contributed by atoms with Crippen LogP contribution in [0.2, 0.25) is 0 Å². The second-order valence-corrected chi connectivity index (χ2v) is 8.01. The molecule has 2 rings (SSSR count). The highest BCUT2D eigenvalue weighted by atomic mass is 16.2. The fourth-order valence-corrected chi connectivity index (χ4v) is 3.62. The Morgan fingerprint density at radius 3 is 2.10 bits per heavy atom. The van der Waals surface area contributed by atoms with E-state index in [2.05, 4.69) is 44.4 Å². The molecule has 3 heteroatoms. The lowest BCUT2D eigenvalue weighted by Gasteiger charge is -2.36. The number of piperidine rings is 1. The Kier molecular flexibility index (Phi) is 4.78. The highest BCUT2D eigenvalue weighted by Crippen LogP contribution is 2.29. The SMILES string of the molecule is CC(C)C1CCN(C(=O)C2CCN(C(C)(C)C)C2)CC1. The van der Waals surface area contributed by atoms with Gasteiger partial charge in [0.2, 0.25) is 5.91 Å². The van der Waals surface area contributed by atoms with Gasteiger partial charge in [0, 0.05) is 25.2 Å². The first-order chi connectivity index (χ1) is 9.29. The summed E-state index contributed by atoms with van der Waals surface area (Å²) < 4.78 is 0. The molecule has 116 valence electrons. The number of likely N-dealkylation sites (tertiary alicyclic amines) is 2. The molecule has 0 aliphatic carbocycles. The van der Waals surface area contributed by atoms with E-state index in [1.54, 1.807) is 0 Å². The lowest BCUT2D eigenvalue weighted by atomic mass is 9.86. The van der Waals surface area contributed by atoms with Gasteiger partial charge in [-0.1, -0.05) is 13.8 Å². The Morgan fingerprint density at radius 2 is 1.65 bits per heavy atom. The first-order valence-electron chi connectivity index (χ1n) is 8.33. The van der Waals surface area contributed by atoms with Crippen molar-refractivity contribution in [3.63, 3.8) is 0 Å². The average Bonchev–Trinajstić information content (AvgIpc) is 2.87. The monoisotopic (exact) mass is 280 g/mol. The molecular formula is C17H32N2O. The van der Waals surface area contributed by atoms with Gasteiger partial charge in [0.15, 0.2) is 0 Å². The van der Waals surface area contributed by atoms with Gasteiger partial charge >= 0.3 is 0 Å². The lowest BCUT2D eigenvalue weighted by Crippen LogP contribution is -2.44. The van der Waals surface area contributed by atoms with Gasteiger partial charge in [0.1, 0.15) is 0 Å². The molecule has 2 fully saturated rings. The van der Waals surface area contributed by atoms with E-state index < -0.39 is 0 Å². The number of hydrogen-bond acceptors (Lipinski definition) is 2. The van der Waals surface area contributed by atoms with E-state index in [1.165, 1.54) is 12.8 Å². The minimum atomic E-state index is 0.194. The zero-order chi connectivity index (χ0) is 14.9. The summed E-state index contributed by atoms with van der Waals surface area (Å²) in [5, 5.41) is 0. The van der Waals surface area contributed by atoms with Crippen molar-refractivity contribution in [1.82, 2.24) is 9.80 Å². The van der Waals surface area contributed by atoms with Crippen LogP contribution in [0.1, 0.15) is 53.9 Å². The Hall–Kier alpha value is -0.570. The summed E-state index contributed by atoms with van der Waals surface area (Å²) in [6.07, 6.45) is 3.43. The molecule has 1 amide bonds. The number of amides is 1. The fourth-order valence-electron chi connectivity index (χ4n) is 3.62. The molecule has 2 saturated heterocycles. The van der Waals surface area contributed by atoms with E-state index in [0.717, 1.165) is 44.4 Å². The largest absolute Gasteiger partial charge is 0.342 e. The summed E-state index contributed by atoms with van der Waals surface area (Å²) >= 11 is 0. The van der Waals surface area contributed by atoms with E-state index in [1.807, 2.05) is 0 Å². The standard InChI is InChI=1S/C17H32N2O/c1-13(2)14-6-9-18(10-7-14)16(20)15-8-11-19(12-15)17(3,4)5/h13-15H,6-12H2,1-5H3. The molecule has 0 aromatic heterocycles. The molecule has 3 nitrogen and oxygen atoms in total. The molecule has 1 unspecified atom stereocenters. The summed E-state index contributed by atoms with van der Waals surface area (Å²) in [4.78, 5) is 17.2. The molecule has 0 bridgehead atoms. The molecule has 2 aliphatic heterocycles. The minimum Gasteiger partial charge on any atom is -0.342 e. The lowest BCUT2D eigenvalue weighted by molar-refractivity contribution is -0.136. The van der Waals surface area contributed by atoms with E-state index in [9.17, 15) is 4.79 Å². The second-order valence-electron chi connectivity index (χ2n) is 8.01. The molecule has 2 heterocycles. The van der Waals surface area contributed by atoms with Crippen molar-refractivity contribution < 1.29 is 4.79 Å². The van der Waals surface area contributed by atoms with Crippen molar-refractivity contribution >= 4 is 5.91 Å². The number of carbonyl (C=O) groups excluding carboxylic acids is 1. The van der Waals surface area contributed by atoms with Crippen LogP contribution in [0.3, 0.4) is 0 Å². The average molecular weight is 280 g/mol. The quantitative estimate of drug-likeness (QED) is 0.776. The Bertz CT molecular complexity index is 337. The Balaban J connectivity index is 1.85. The third-order valence-electron chi connectivity index (χ3n) is 5.28. The van der Waals surface area contributed by atoms with Gasteiger partial charge in [0.25, 0.3) is 0 Å². The fraction of sp³-hybridized carbons (Fsp3) is 0.941. The summed E-state index contributed by atoms with van der Waals surface area (Å²) in [5.74, 6) is 2.23. The maximum atomic E-state index is 12.6. The van der Waals surface area contributed by atoms with Gasteiger partial charge in [-0.3, -0.25) is 9.69 Å². The highest BCUT2D eigenvalue weighted by Gasteiger charge is 2.36. The van der Waals surface area contributed by atoms with Crippen LogP contribution in [0.25, 0.3) is 0 Å². The highest BCUT2D eigenvalue weighted by molar-refractivity contribution is 5.79. The van der Waals surface area contributed by atoms with Crippen LogP contribution in [0, 0.1) is 17.8 Å². The van der Waals surface area contributed by atoms with Crippen molar-refractivity contribution in [3.05, 3.63) is 0 Å². The van der Waals surface area contributed by atoms with E-state index in [4.69, 9.17) is 0 Å². The molecule has 20 heavy (non-hydrogen) atoms. The summed E-state index contributed by atoms with van der Waals surface area (Å²) in [7, 11) is 0. The maximum absolute atomic E-state index is 12.6. The maximum Gasteiger partial charge on any atom is 0.227 e. The molecule has 0 aromatic carbocycles. The zero-order valence-electron chi connectivity index (χ0n) is 14.0. The van der Waals surface area contributed by atoms with Crippen molar-refractivity contribution in [2.45, 2.75) is 59.4 Å². The number of rotatable bonds is 2. The predicted molar refractivity (Wildman–Crippen MR) is 83.6 cm³/mol.